The normalized spacial score (nSPS) is 21.9. The molecule has 0 radical (unpaired) electrons. The predicted octanol–water partition coefficient (Wildman–Crippen LogP) is 2.87. The summed E-state index contributed by atoms with van der Waals surface area (Å²) in [7, 11) is 0. The van der Waals surface area contributed by atoms with Gasteiger partial charge in [-0.3, -0.25) is 9.59 Å². The van der Waals surface area contributed by atoms with Crippen molar-refractivity contribution in [2.75, 3.05) is 0 Å². The Bertz CT molecular complexity index is 653. The van der Waals surface area contributed by atoms with Gasteiger partial charge in [0.15, 0.2) is 6.10 Å². The van der Waals surface area contributed by atoms with E-state index in [1.54, 1.807) is 31.2 Å². The molecule has 2 rings (SSSR count). The monoisotopic (exact) mass is 344 g/mol. The zero-order valence-electron chi connectivity index (χ0n) is 14.4. The summed E-state index contributed by atoms with van der Waals surface area (Å²) in [5.74, 6) is -1.44. The molecule has 1 saturated carbocycles. The van der Waals surface area contributed by atoms with Crippen molar-refractivity contribution in [2.24, 2.45) is 5.92 Å². The van der Waals surface area contributed by atoms with E-state index in [4.69, 9.17) is 10.00 Å². The quantitative estimate of drug-likeness (QED) is 0.855. The molecule has 1 aliphatic rings. The lowest BCUT2D eigenvalue weighted by molar-refractivity contribution is -0.144. The van der Waals surface area contributed by atoms with E-state index in [0.29, 0.717) is 24.2 Å². The topological polar surface area (TPSA) is 99.4 Å². The van der Waals surface area contributed by atoms with Crippen molar-refractivity contribution in [2.45, 2.75) is 57.6 Å². The lowest BCUT2D eigenvalue weighted by Crippen LogP contribution is -2.48. The zero-order valence-corrected chi connectivity index (χ0v) is 14.4. The van der Waals surface area contributed by atoms with Gasteiger partial charge in [0.05, 0.1) is 11.5 Å². The lowest BCUT2D eigenvalue weighted by atomic mass is 9.86. The molecular weight excluding hydrogens is 320 g/mol. The molecular formula is C19H24N2O4. The van der Waals surface area contributed by atoms with E-state index in [-0.39, 0.29) is 11.9 Å². The average Bonchev–Trinajstić information content (AvgIpc) is 2.57. The first-order valence-corrected chi connectivity index (χ1v) is 8.72. The number of carbonyl (C=O) groups excluding carboxylic acids is 1. The molecule has 1 aliphatic carbocycles. The van der Waals surface area contributed by atoms with Gasteiger partial charge in [-0.2, -0.15) is 5.26 Å². The van der Waals surface area contributed by atoms with E-state index < -0.39 is 18.0 Å². The van der Waals surface area contributed by atoms with Crippen LogP contribution in [0.25, 0.3) is 0 Å². The zero-order chi connectivity index (χ0) is 18.2. The number of benzene rings is 1. The van der Waals surface area contributed by atoms with Crippen molar-refractivity contribution >= 4 is 11.9 Å². The van der Waals surface area contributed by atoms with E-state index in [9.17, 15) is 14.7 Å². The van der Waals surface area contributed by atoms with Crippen LogP contribution in [0.4, 0.5) is 0 Å². The number of ether oxygens (including phenoxy) is 1. The first kappa shape index (κ1) is 18.8. The first-order chi connectivity index (χ1) is 12.0. The fourth-order valence-electron chi connectivity index (χ4n) is 3.16. The summed E-state index contributed by atoms with van der Waals surface area (Å²) >= 11 is 0. The smallest absolute Gasteiger partial charge is 0.308 e. The Morgan fingerprint density at radius 2 is 1.92 bits per heavy atom. The molecule has 134 valence electrons. The van der Waals surface area contributed by atoms with Gasteiger partial charge < -0.3 is 15.2 Å². The van der Waals surface area contributed by atoms with Gasteiger partial charge in [-0.25, -0.2) is 0 Å². The van der Waals surface area contributed by atoms with Crippen molar-refractivity contribution in [1.29, 1.82) is 5.26 Å². The number of hydrogen-bond donors (Lipinski definition) is 2. The third-order valence-corrected chi connectivity index (χ3v) is 4.59. The minimum atomic E-state index is -0.865. The van der Waals surface area contributed by atoms with E-state index >= 15 is 0 Å². The van der Waals surface area contributed by atoms with Crippen molar-refractivity contribution < 1.29 is 19.4 Å². The van der Waals surface area contributed by atoms with Gasteiger partial charge in [-0.1, -0.05) is 37.8 Å². The number of nitrogens with zero attached hydrogens (tertiary/aromatic N) is 1. The van der Waals surface area contributed by atoms with E-state index in [2.05, 4.69) is 5.32 Å². The Labute approximate surface area is 147 Å². The van der Waals surface area contributed by atoms with Crippen molar-refractivity contribution in [3.63, 3.8) is 0 Å². The number of rotatable bonds is 5. The number of nitrogens with one attached hydrogen (secondary N) is 1. The Morgan fingerprint density at radius 3 is 2.60 bits per heavy atom. The van der Waals surface area contributed by atoms with Gasteiger partial charge >= 0.3 is 5.97 Å². The van der Waals surface area contributed by atoms with Gasteiger partial charge in [-0.05, 0) is 31.9 Å². The van der Waals surface area contributed by atoms with E-state index in [1.807, 2.05) is 6.07 Å². The number of amides is 1. The van der Waals surface area contributed by atoms with Crippen molar-refractivity contribution in [3.05, 3.63) is 29.8 Å². The minimum absolute atomic E-state index is 0.347. The number of carboxylic acids is 1. The number of para-hydroxylation sites is 1. The Morgan fingerprint density at radius 1 is 1.24 bits per heavy atom. The Kier molecular flexibility index (Phi) is 6.81. The van der Waals surface area contributed by atoms with Crippen LogP contribution in [-0.4, -0.2) is 29.1 Å². The van der Waals surface area contributed by atoms with Crippen LogP contribution in [0, 0.1) is 17.2 Å². The number of nitriles is 1. The first-order valence-electron chi connectivity index (χ1n) is 8.72. The van der Waals surface area contributed by atoms with Crippen LogP contribution < -0.4 is 10.1 Å². The Balaban J connectivity index is 2.03. The van der Waals surface area contributed by atoms with Gasteiger partial charge in [0, 0.05) is 6.04 Å². The van der Waals surface area contributed by atoms with E-state index in [1.165, 1.54) is 0 Å². The third-order valence-electron chi connectivity index (χ3n) is 4.59. The maximum Gasteiger partial charge on any atom is 0.308 e. The largest absolute Gasteiger partial charge is 0.481 e. The average molecular weight is 344 g/mol. The molecule has 1 fully saturated rings. The summed E-state index contributed by atoms with van der Waals surface area (Å²) in [5.41, 5.74) is 0.358. The molecule has 0 aliphatic heterocycles. The standard InChI is InChI=1S/C19H24N2O4/c1-13(25-17-11-7-6-8-14(17)12-20)18(22)21-16-10-5-3-2-4-9-15(16)19(23)24/h6-8,11,13,15-16H,2-5,9-10H2,1H3,(H,21,22)(H,23,24). The van der Waals surface area contributed by atoms with Crippen LogP contribution in [0.1, 0.15) is 51.0 Å². The molecule has 6 nitrogen and oxygen atoms in total. The minimum Gasteiger partial charge on any atom is -0.481 e. The molecule has 0 aromatic heterocycles. The summed E-state index contributed by atoms with van der Waals surface area (Å²) in [5, 5.41) is 21.4. The molecule has 2 N–H and O–H groups in total. The van der Waals surface area contributed by atoms with Crippen molar-refractivity contribution in [3.8, 4) is 11.8 Å². The molecule has 0 saturated heterocycles. The molecule has 25 heavy (non-hydrogen) atoms. The lowest BCUT2D eigenvalue weighted by Gasteiger charge is -2.28. The van der Waals surface area contributed by atoms with Crippen LogP contribution in [-0.2, 0) is 9.59 Å². The Hall–Kier alpha value is -2.55. The SMILES string of the molecule is CC(Oc1ccccc1C#N)C(=O)NC1CCCCCCC1C(=O)O. The third kappa shape index (κ3) is 5.21. The molecule has 6 heteroatoms. The molecule has 3 atom stereocenters. The van der Waals surface area contributed by atoms with Gasteiger partial charge in [0.2, 0.25) is 0 Å². The number of carboxylic acid groups (broad SMARTS) is 1. The van der Waals surface area contributed by atoms with Gasteiger partial charge in [-0.15, -0.1) is 0 Å². The highest BCUT2D eigenvalue weighted by Gasteiger charge is 2.31. The van der Waals surface area contributed by atoms with Crippen LogP contribution in [0.2, 0.25) is 0 Å². The molecule has 0 spiro atoms. The predicted molar refractivity (Wildman–Crippen MR) is 92.0 cm³/mol. The molecule has 0 bridgehead atoms. The van der Waals surface area contributed by atoms with Gasteiger partial charge in [0.25, 0.3) is 5.91 Å². The van der Waals surface area contributed by atoms with Crippen LogP contribution >= 0.6 is 0 Å². The number of carbonyl (C=O) groups is 2. The maximum atomic E-state index is 12.5. The van der Waals surface area contributed by atoms with Gasteiger partial charge in [0.1, 0.15) is 11.8 Å². The molecule has 3 unspecified atom stereocenters. The van der Waals surface area contributed by atoms with Crippen LogP contribution in [0.5, 0.6) is 5.75 Å². The van der Waals surface area contributed by atoms with E-state index in [0.717, 1.165) is 25.7 Å². The number of aliphatic carboxylic acids is 1. The maximum absolute atomic E-state index is 12.5. The summed E-state index contributed by atoms with van der Waals surface area (Å²) in [6, 6.07) is 8.35. The summed E-state index contributed by atoms with van der Waals surface area (Å²) in [4.78, 5) is 24.0. The second kappa shape index (κ2) is 9.07. The fraction of sp³-hybridized carbons (Fsp3) is 0.526. The molecule has 1 amide bonds. The molecule has 0 heterocycles. The van der Waals surface area contributed by atoms with Crippen molar-refractivity contribution in [1.82, 2.24) is 5.32 Å². The molecule has 1 aromatic carbocycles. The fourth-order valence-corrected chi connectivity index (χ4v) is 3.16. The number of hydrogen-bond acceptors (Lipinski definition) is 4. The highest BCUT2D eigenvalue weighted by Crippen LogP contribution is 2.24. The highest BCUT2D eigenvalue weighted by molar-refractivity contribution is 5.82. The molecule has 1 aromatic rings. The second-order valence-electron chi connectivity index (χ2n) is 6.42. The summed E-state index contributed by atoms with van der Waals surface area (Å²) in [6.07, 6.45) is 4.28. The highest BCUT2D eigenvalue weighted by atomic mass is 16.5. The summed E-state index contributed by atoms with van der Waals surface area (Å²) in [6.45, 7) is 1.60. The van der Waals surface area contributed by atoms with Crippen LogP contribution in [0.15, 0.2) is 24.3 Å². The second-order valence-corrected chi connectivity index (χ2v) is 6.42. The summed E-state index contributed by atoms with van der Waals surface area (Å²) < 4.78 is 5.61. The van der Waals surface area contributed by atoms with Crippen LogP contribution in [0.3, 0.4) is 0 Å².